The maximum Gasteiger partial charge on any atom is 0.252 e. The highest BCUT2D eigenvalue weighted by molar-refractivity contribution is 5.78. The number of rotatable bonds is 4. The number of hydrogen-bond acceptors (Lipinski definition) is 5. The van der Waals surface area contributed by atoms with Crippen molar-refractivity contribution in [3.05, 3.63) is 64.7 Å². The number of H-pyrrole nitrogens is 1. The van der Waals surface area contributed by atoms with Gasteiger partial charge in [0.1, 0.15) is 0 Å². The van der Waals surface area contributed by atoms with Crippen LogP contribution in [0.2, 0.25) is 0 Å². The third-order valence-corrected chi connectivity index (χ3v) is 4.74. The Kier molecular flexibility index (Phi) is 4.43. The normalized spacial score (nSPS) is 15.6. The summed E-state index contributed by atoms with van der Waals surface area (Å²) in [5.41, 5.74) is 1.65. The van der Waals surface area contributed by atoms with Crippen molar-refractivity contribution in [2.24, 2.45) is 0 Å². The third kappa shape index (κ3) is 3.53. The number of hydrogen-bond donors (Lipinski definition) is 2. The van der Waals surface area contributed by atoms with E-state index in [0.717, 1.165) is 48.3 Å². The molecule has 1 saturated heterocycles. The average Bonchev–Trinajstić information content (AvgIpc) is 2.67. The van der Waals surface area contributed by atoms with Gasteiger partial charge in [-0.1, -0.05) is 18.2 Å². The van der Waals surface area contributed by atoms with Crippen molar-refractivity contribution in [2.45, 2.75) is 25.4 Å². The number of benzene rings is 1. The zero-order valence-corrected chi connectivity index (χ0v) is 14.0. The number of nitrogens with zero attached hydrogens (tertiary/aromatic N) is 3. The summed E-state index contributed by atoms with van der Waals surface area (Å²) < 4.78 is 0. The molecule has 0 amide bonds. The predicted octanol–water partition coefficient (Wildman–Crippen LogP) is 2.08. The molecule has 0 atom stereocenters. The molecule has 0 aliphatic carbocycles. The molecule has 6 heteroatoms. The van der Waals surface area contributed by atoms with E-state index >= 15 is 0 Å². The second-order valence-electron chi connectivity index (χ2n) is 6.40. The van der Waals surface area contributed by atoms with Gasteiger partial charge < -0.3 is 15.2 Å². The first-order valence-electron chi connectivity index (χ1n) is 8.66. The number of fused-ring (bicyclic) bond motifs is 1. The first kappa shape index (κ1) is 15.8. The first-order valence-corrected chi connectivity index (χ1v) is 8.66. The molecule has 3 heterocycles. The van der Waals surface area contributed by atoms with E-state index in [1.807, 2.05) is 36.4 Å². The van der Waals surface area contributed by atoms with Gasteiger partial charge in [0.2, 0.25) is 5.95 Å². The molecule has 0 unspecified atom stereocenters. The average molecular weight is 335 g/mol. The molecule has 4 rings (SSSR count). The number of para-hydroxylation sites is 1. The number of pyridine rings is 1. The Hall–Kier alpha value is -2.73. The number of nitrogens with one attached hydrogen (secondary N) is 2. The summed E-state index contributed by atoms with van der Waals surface area (Å²) in [7, 11) is 0. The predicted molar refractivity (Wildman–Crippen MR) is 98.7 cm³/mol. The highest BCUT2D eigenvalue weighted by Gasteiger charge is 2.20. The largest absolute Gasteiger partial charge is 0.341 e. The van der Waals surface area contributed by atoms with Crippen molar-refractivity contribution >= 4 is 16.9 Å². The quantitative estimate of drug-likeness (QED) is 0.764. The summed E-state index contributed by atoms with van der Waals surface area (Å²) in [5, 5.41) is 4.59. The van der Waals surface area contributed by atoms with Crippen LogP contribution in [0.4, 0.5) is 5.95 Å². The molecule has 128 valence electrons. The zero-order valence-electron chi connectivity index (χ0n) is 14.0. The third-order valence-electron chi connectivity index (χ3n) is 4.74. The van der Waals surface area contributed by atoms with Crippen molar-refractivity contribution in [1.82, 2.24) is 20.3 Å². The number of aromatic nitrogens is 3. The molecule has 0 spiro atoms. The van der Waals surface area contributed by atoms with E-state index < -0.39 is 0 Å². The van der Waals surface area contributed by atoms with Crippen molar-refractivity contribution in [1.29, 1.82) is 0 Å². The van der Waals surface area contributed by atoms with E-state index in [1.54, 1.807) is 12.4 Å². The summed E-state index contributed by atoms with van der Waals surface area (Å²) >= 11 is 0. The molecular formula is C19H21N5O. The van der Waals surface area contributed by atoms with Crippen molar-refractivity contribution in [2.75, 3.05) is 18.0 Å². The topological polar surface area (TPSA) is 73.9 Å². The molecule has 0 saturated carbocycles. The van der Waals surface area contributed by atoms with Gasteiger partial charge in [0.25, 0.3) is 5.56 Å². The van der Waals surface area contributed by atoms with Crippen LogP contribution >= 0.6 is 0 Å². The van der Waals surface area contributed by atoms with Gasteiger partial charge in [-0.3, -0.25) is 4.79 Å². The molecule has 2 N–H and O–H groups in total. The Morgan fingerprint density at radius 1 is 1.12 bits per heavy atom. The van der Waals surface area contributed by atoms with Crippen LogP contribution in [0.1, 0.15) is 18.4 Å². The van der Waals surface area contributed by atoms with Gasteiger partial charge in [-0.15, -0.1) is 0 Å². The molecule has 1 aromatic carbocycles. The lowest BCUT2D eigenvalue weighted by atomic mass is 10.0. The second-order valence-corrected chi connectivity index (χ2v) is 6.40. The van der Waals surface area contributed by atoms with Crippen LogP contribution in [0.5, 0.6) is 0 Å². The van der Waals surface area contributed by atoms with Crippen LogP contribution < -0.4 is 15.8 Å². The minimum atomic E-state index is -0.0127. The minimum Gasteiger partial charge on any atom is -0.341 e. The lowest BCUT2D eigenvalue weighted by Gasteiger charge is -2.32. The van der Waals surface area contributed by atoms with Crippen LogP contribution in [-0.4, -0.2) is 34.1 Å². The molecular weight excluding hydrogens is 314 g/mol. The lowest BCUT2D eigenvalue weighted by Crippen LogP contribution is -2.43. The summed E-state index contributed by atoms with van der Waals surface area (Å²) in [6.07, 6.45) is 5.59. The molecule has 2 aromatic heterocycles. The Morgan fingerprint density at radius 2 is 1.88 bits per heavy atom. The number of aromatic amines is 1. The van der Waals surface area contributed by atoms with E-state index in [2.05, 4.69) is 25.2 Å². The first-order chi connectivity index (χ1) is 12.3. The second kappa shape index (κ2) is 7.03. The highest BCUT2D eigenvalue weighted by Crippen LogP contribution is 2.16. The standard InChI is InChI=1S/C19H21N5O/c25-18-15(12-14-4-1-2-5-17(14)23-18)13-22-16-6-10-24(11-7-16)19-20-8-3-9-21-19/h1-5,8-9,12,16,22H,6-7,10-11,13H2,(H,23,25). The van der Waals surface area contributed by atoms with Crippen LogP contribution in [0.3, 0.4) is 0 Å². The zero-order chi connectivity index (χ0) is 17.1. The summed E-state index contributed by atoms with van der Waals surface area (Å²) in [6.45, 7) is 2.44. The van der Waals surface area contributed by atoms with Crippen LogP contribution in [-0.2, 0) is 6.54 Å². The molecule has 0 radical (unpaired) electrons. The van der Waals surface area contributed by atoms with Gasteiger partial charge >= 0.3 is 0 Å². The fraction of sp³-hybridized carbons (Fsp3) is 0.316. The maximum absolute atomic E-state index is 12.2. The Morgan fingerprint density at radius 3 is 2.68 bits per heavy atom. The Balaban J connectivity index is 1.37. The van der Waals surface area contributed by atoms with Crippen LogP contribution in [0.25, 0.3) is 10.9 Å². The maximum atomic E-state index is 12.2. The minimum absolute atomic E-state index is 0.0127. The smallest absolute Gasteiger partial charge is 0.252 e. The molecule has 6 nitrogen and oxygen atoms in total. The summed E-state index contributed by atoms with van der Waals surface area (Å²) in [5.74, 6) is 0.798. The Labute approximate surface area is 145 Å². The highest BCUT2D eigenvalue weighted by atomic mass is 16.1. The van der Waals surface area contributed by atoms with Gasteiger partial charge in [-0.25, -0.2) is 9.97 Å². The summed E-state index contributed by atoms with van der Waals surface area (Å²) in [6, 6.07) is 12.1. The van der Waals surface area contributed by atoms with E-state index in [4.69, 9.17) is 0 Å². The lowest BCUT2D eigenvalue weighted by molar-refractivity contribution is 0.410. The molecule has 1 aliphatic heterocycles. The van der Waals surface area contributed by atoms with Crippen molar-refractivity contribution in [3.8, 4) is 0 Å². The molecule has 25 heavy (non-hydrogen) atoms. The van der Waals surface area contributed by atoms with Crippen LogP contribution in [0.15, 0.2) is 53.6 Å². The van der Waals surface area contributed by atoms with Crippen LogP contribution in [0, 0.1) is 0 Å². The van der Waals surface area contributed by atoms with Crippen molar-refractivity contribution in [3.63, 3.8) is 0 Å². The van der Waals surface area contributed by atoms with Gasteiger partial charge in [0.15, 0.2) is 0 Å². The van der Waals surface area contributed by atoms with Gasteiger partial charge in [0, 0.05) is 49.1 Å². The van der Waals surface area contributed by atoms with E-state index in [9.17, 15) is 4.79 Å². The molecule has 0 bridgehead atoms. The van der Waals surface area contributed by atoms with Gasteiger partial charge in [0.05, 0.1) is 0 Å². The summed E-state index contributed by atoms with van der Waals surface area (Å²) in [4.78, 5) is 26.0. The monoisotopic (exact) mass is 335 g/mol. The SMILES string of the molecule is O=c1[nH]c2ccccc2cc1CNC1CCN(c2ncccn2)CC1. The van der Waals surface area contributed by atoms with E-state index in [-0.39, 0.29) is 5.56 Å². The number of piperidine rings is 1. The fourth-order valence-electron chi connectivity index (χ4n) is 3.32. The fourth-order valence-corrected chi connectivity index (χ4v) is 3.32. The molecule has 1 aliphatic rings. The van der Waals surface area contributed by atoms with E-state index in [0.29, 0.717) is 12.6 Å². The van der Waals surface area contributed by atoms with E-state index in [1.165, 1.54) is 0 Å². The molecule has 1 fully saturated rings. The van der Waals surface area contributed by atoms with Crippen molar-refractivity contribution < 1.29 is 0 Å². The Bertz CT molecular complexity index is 900. The van der Waals surface area contributed by atoms with Gasteiger partial charge in [-0.2, -0.15) is 0 Å². The van der Waals surface area contributed by atoms with Gasteiger partial charge in [-0.05, 0) is 36.4 Å². The molecule has 3 aromatic rings. The number of anilines is 1.